The van der Waals surface area contributed by atoms with E-state index in [1.54, 1.807) is 11.3 Å². The maximum Gasteiger partial charge on any atom is 0.0701 e. The Labute approximate surface area is 115 Å². The van der Waals surface area contributed by atoms with Crippen LogP contribution in [0.15, 0.2) is 15.2 Å². The van der Waals surface area contributed by atoms with Gasteiger partial charge in [-0.05, 0) is 51.5 Å². The summed E-state index contributed by atoms with van der Waals surface area (Å²) in [5.41, 5.74) is 1.41. The van der Waals surface area contributed by atoms with Gasteiger partial charge in [0.2, 0.25) is 0 Å². The third-order valence-electron chi connectivity index (χ3n) is 3.02. The molecule has 90 valence electrons. The highest BCUT2D eigenvalue weighted by molar-refractivity contribution is 9.11. The van der Waals surface area contributed by atoms with E-state index in [1.807, 2.05) is 0 Å². The summed E-state index contributed by atoms with van der Waals surface area (Å²) in [6, 6.07) is 2.94. The van der Waals surface area contributed by atoms with Gasteiger partial charge in [0.25, 0.3) is 0 Å². The summed E-state index contributed by atoms with van der Waals surface area (Å²) in [4.78, 5) is 0. The van der Waals surface area contributed by atoms with Gasteiger partial charge in [-0.1, -0.05) is 13.3 Å². The van der Waals surface area contributed by atoms with Crippen LogP contribution >= 0.6 is 39.0 Å². The molecule has 1 aliphatic rings. The zero-order valence-electron chi connectivity index (χ0n) is 9.54. The minimum Gasteiger partial charge on any atom is -0.309 e. The molecule has 1 heterocycles. The summed E-state index contributed by atoms with van der Waals surface area (Å²) in [5.74, 6) is 1.24. The molecule has 2 unspecified atom stereocenters. The van der Waals surface area contributed by atoms with Crippen molar-refractivity contribution in [3.63, 3.8) is 0 Å². The van der Waals surface area contributed by atoms with Gasteiger partial charge in [-0.15, -0.1) is 11.3 Å². The van der Waals surface area contributed by atoms with E-state index in [-0.39, 0.29) is 0 Å². The lowest BCUT2D eigenvalue weighted by atomic mass is 10.2. The topological polar surface area (TPSA) is 12.0 Å². The lowest BCUT2D eigenvalue weighted by molar-refractivity contribution is 0.532. The number of thioether (sulfide) groups is 1. The molecule has 1 N–H and O–H groups in total. The zero-order chi connectivity index (χ0) is 11.4. The fraction of sp³-hybridized carbons (Fsp3) is 0.667. The first kappa shape index (κ1) is 12.9. The second-order valence-corrected chi connectivity index (χ2v) is 7.98. The molecule has 0 aliphatic heterocycles. The van der Waals surface area contributed by atoms with Gasteiger partial charge < -0.3 is 5.32 Å². The van der Waals surface area contributed by atoms with Crippen molar-refractivity contribution in [2.75, 3.05) is 5.75 Å². The van der Waals surface area contributed by atoms with Crippen LogP contribution in [0, 0.1) is 0 Å². The number of hydrogen-bond donors (Lipinski definition) is 1. The average molecular weight is 320 g/mol. The number of rotatable bonds is 5. The average Bonchev–Trinajstić information content (AvgIpc) is 2.85. The van der Waals surface area contributed by atoms with Crippen molar-refractivity contribution >= 4 is 39.0 Å². The third-order valence-corrected chi connectivity index (χ3v) is 5.90. The molecule has 0 aromatic carbocycles. The van der Waals surface area contributed by atoms with Crippen LogP contribution in [0.3, 0.4) is 0 Å². The number of halogens is 1. The first-order valence-corrected chi connectivity index (χ1v) is 8.59. The van der Waals surface area contributed by atoms with Crippen molar-refractivity contribution in [1.29, 1.82) is 0 Å². The van der Waals surface area contributed by atoms with Gasteiger partial charge in [0.05, 0.1) is 3.79 Å². The highest BCUT2D eigenvalue weighted by Gasteiger charge is 2.26. The largest absolute Gasteiger partial charge is 0.309 e. The van der Waals surface area contributed by atoms with E-state index in [0.29, 0.717) is 0 Å². The molecule has 1 nitrogen and oxygen atoms in total. The molecule has 2 atom stereocenters. The molecule has 16 heavy (non-hydrogen) atoms. The molecule has 2 rings (SSSR count). The Kier molecular flexibility index (Phi) is 5.20. The third kappa shape index (κ3) is 3.49. The SMILES string of the molecule is CCSC1CCCC1NCc1csc(Br)c1. The Bertz CT molecular complexity index is 327. The smallest absolute Gasteiger partial charge is 0.0701 e. The van der Waals surface area contributed by atoms with Crippen molar-refractivity contribution in [1.82, 2.24) is 5.32 Å². The maximum atomic E-state index is 3.71. The van der Waals surface area contributed by atoms with E-state index in [2.05, 4.69) is 51.4 Å². The van der Waals surface area contributed by atoms with E-state index in [4.69, 9.17) is 0 Å². The predicted octanol–water partition coefficient (Wildman–Crippen LogP) is 4.27. The minimum atomic E-state index is 0.726. The fourth-order valence-corrected chi connectivity index (χ4v) is 4.70. The number of thiophene rings is 1. The first-order valence-electron chi connectivity index (χ1n) is 5.87. The van der Waals surface area contributed by atoms with Gasteiger partial charge in [0.1, 0.15) is 0 Å². The van der Waals surface area contributed by atoms with Crippen molar-refractivity contribution < 1.29 is 0 Å². The summed E-state index contributed by atoms with van der Waals surface area (Å²) in [7, 11) is 0. The molecular formula is C12H18BrNS2. The number of hydrogen-bond acceptors (Lipinski definition) is 3. The van der Waals surface area contributed by atoms with E-state index in [9.17, 15) is 0 Å². The van der Waals surface area contributed by atoms with Crippen LogP contribution in [0.25, 0.3) is 0 Å². The summed E-state index contributed by atoms with van der Waals surface area (Å²) in [6.07, 6.45) is 4.13. The molecule has 0 spiro atoms. The molecule has 1 saturated carbocycles. The second-order valence-electron chi connectivity index (χ2n) is 4.17. The molecular weight excluding hydrogens is 302 g/mol. The molecule has 1 aromatic heterocycles. The highest BCUT2D eigenvalue weighted by Crippen LogP contribution is 2.30. The molecule has 1 aromatic rings. The Hall–Kier alpha value is 0.490. The monoisotopic (exact) mass is 319 g/mol. The summed E-state index contributed by atoms with van der Waals surface area (Å²) >= 11 is 7.40. The van der Waals surface area contributed by atoms with Crippen molar-refractivity contribution in [3.05, 3.63) is 20.8 Å². The molecule has 0 bridgehead atoms. The second kappa shape index (κ2) is 6.43. The van der Waals surface area contributed by atoms with Gasteiger partial charge >= 0.3 is 0 Å². The van der Waals surface area contributed by atoms with Crippen LogP contribution in [-0.4, -0.2) is 17.0 Å². The molecule has 0 amide bonds. The van der Waals surface area contributed by atoms with E-state index >= 15 is 0 Å². The molecule has 4 heteroatoms. The molecule has 0 saturated heterocycles. The number of nitrogens with one attached hydrogen (secondary N) is 1. The van der Waals surface area contributed by atoms with Crippen molar-refractivity contribution in [2.24, 2.45) is 0 Å². The standard InChI is InChI=1S/C12H18BrNS2/c1-2-15-11-5-3-4-10(11)14-7-9-6-12(13)16-8-9/h6,8,10-11,14H,2-5,7H2,1H3. The first-order chi connectivity index (χ1) is 7.79. The van der Waals surface area contributed by atoms with Gasteiger partial charge in [-0.3, -0.25) is 0 Å². The van der Waals surface area contributed by atoms with Crippen LogP contribution in [0.5, 0.6) is 0 Å². The molecule has 0 radical (unpaired) electrons. The van der Waals surface area contributed by atoms with Crippen LogP contribution < -0.4 is 5.32 Å². The molecule has 1 fully saturated rings. The van der Waals surface area contributed by atoms with Gasteiger partial charge in [0, 0.05) is 17.8 Å². The van der Waals surface area contributed by atoms with Gasteiger partial charge in [0.15, 0.2) is 0 Å². The van der Waals surface area contributed by atoms with Gasteiger partial charge in [-0.2, -0.15) is 11.8 Å². The summed E-state index contributed by atoms with van der Waals surface area (Å²) in [6.45, 7) is 3.28. The molecule has 1 aliphatic carbocycles. The van der Waals surface area contributed by atoms with Crippen LogP contribution in [0.1, 0.15) is 31.7 Å². The quantitative estimate of drug-likeness (QED) is 0.869. The Morgan fingerprint density at radius 3 is 3.12 bits per heavy atom. The predicted molar refractivity (Wildman–Crippen MR) is 78.4 cm³/mol. The Morgan fingerprint density at radius 1 is 1.56 bits per heavy atom. The maximum absolute atomic E-state index is 3.71. The lowest BCUT2D eigenvalue weighted by Gasteiger charge is -2.19. The van der Waals surface area contributed by atoms with E-state index in [0.717, 1.165) is 17.8 Å². The summed E-state index contributed by atoms with van der Waals surface area (Å²) < 4.78 is 1.23. The summed E-state index contributed by atoms with van der Waals surface area (Å²) in [5, 5.41) is 6.78. The normalized spacial score (nSPS) is 25.1. The van der Waals surface area contributed by atoms with Crippen LogP contribution in [0.2, 0.25) is 0 Å². The lowest BCUT2D eigenvalue weighted by Crippen LogP contribution is -2.33. The fourth-order valence-electron chi connectivity index (χ4n) is 2.26. The Morgan fingerprint density at radius 2 is 2.44 bits per heavy atom. The van der Waals surface area contributed by atoms with Crippen molar-refractivity contribution in [2.45, 2.75) is 44.0 Å². The van der Waals surface area contributed by atoms with Crippen LogP contribution in [-0.2, 0) is 6.54 Å². The zero-order valence-corrected chi connectivity index (χ0v) is 12.8. The Balaban J connectivity index is 1.80. The van der Waals surface area contributed by atoms with Crippen LogP contribution in [0.4, 0.5) is 0 Å². The van der Waals surface area contributed by atoms with E-state index in [1.165, 1.54) is 34.4 Å². The van der Waals surface area contributed by atoms with Gasteiger partial charge in [-0.25, -0.2) is 0 Å². The van der Waals surface area contributed by atoms with Crippen molar-refractivity contribution in [3.8, 4) is 0 Å². The highest BCUT2D eigenvalue weighted by atomic mass is 79.9. The van der Waals surface area contributed by atoms with E-state index < -0.39 is 0 Å². The minimum absolute atomic E-state index is 0.726.